The van der Waals surface area contributed by atoms with Crippen LogP contribution < -0.4 is 14.4 Å². The molecule has 1 unspecified atom stereocenters. The van der Waals surface area contributed by atoms with Gasteiger partial charge in [0, 0.05) is 24.1 Å². The zero-order valence-electron chi connectivity index (χ0n) is 18.6. The van der Waals surface area contributed by atoms with E-state index in [-0.39, 0.29) is 18.2 Å². The first-order valence-corrected chi connectivity index (χ1v) is 11.4. The minimum Gasteiger partial charge on any atom is -0.491 e. The van der Waals surface area contributed by atoms with E-state index in [2.05, 4.69) is 4.72 Å². The van der Waals surface area contributed by atoms with Gasteiger partial charge < -0.3 is 9.64 Å². The van der Waals surface area contributed by atoms with Gasteiger partial charge in [-0.05, 0) is 56.2 Å². The summed E-state index contributed by atoms with van der Waals surface area (Å²) < 4.78 is 61.5. The Kier molecular flexibility index (Phi) is 9.24. The highest BCUT2D eigenvalue weighted by atomic mass is 32.2. The summed E-state index contributed by atoms with van der Waals surface area (Å²) in [6.07, 6.45) is -3.71. The average Bonchev–Trinajstić information content (AvgIpc) is 2.76. The maximum absolute atomic E-state index is 14.5. The van der Waals surface area contributed by atoms with Crippen LogP contribution in [0.3, 0.4) is 0 Å². The molecule has 0 aliphatic carbocycles. The van der Waals surface area contributed by atoms with Crippen LogP contribution in [-0.4, -0.2) is 30.9 Å². The highest BCUT2D eigenvalue weighted by Crippen LogP contribution is 2.31. The Hall–Kier alpha value is -2.42. The number of aryl methyl sites for hydroxylation is 1. The zero-order valence-corrected chi connectivity index (χ0v) is 19.4. The summed E-state index contributed by atoms with van der Waals surface area (Å²) in [6, 6.07) is 7.52. The highest BCUT2D eigenvalue weighted by molar-refractivity contribution is 7.97. The van der Waals surface area contributed by atoms with E-state index in [0.29, 0.717) is 35.7 Å². The number of hydrogen-bond acceptors (Lipinski definition) is 4. The van der Waals surface area contributed by atoms with Crippen molar-refractivity contribution in [2.75, 3.05) is 23.8 Å². The molecule has 32 heavy (non-hydrogen) atoms. The van der Waals surface area contributed by atoms with Crippen molar-refractivity contribution >= 4 is 23.5 Å². The number of amides is 1. The van der Waals surface area contributed by atoms with Crippen molar-refractivity contribution in [2.24, 2.45) is 0 Å². The van der Waals surface area contributed by atoms with E-state index in [1.807, 2.05) is 25.7 Å². The molecule has 0 fully saturated rings. The molecule has 2 aromatic rings. The highest BCUT2D eigenvalue weighted by Gasteiger charge is 2.30. The Balaban J connectivity index is 2.14. The fourth-order valence-electron chi connectivity index (χ4n) is 3.29. The molecule has 1 atom stereocenters. The van der Waals surface area contributed by atoms with Gasteiger partial charge in [-0.1, -0.05) is 25.8 Å². The van der Waals surface area contributed by atoms with E-state index in [1.165, 1.54) is 36.2 Å². The molecule has 9 heteroatoms. The summed E-state index contributed by atoms with van der Waals surface area (Å²) in [6.45, 7) is 8.24. The SMILES string of the molecule is CCSNC(=O)c1cc(C)c(OCC(CC)N(CC)c2ccc(C(F)(F)F)cc2)cc1F. The van der Waals surface area contributed by atoms with Gasteiger partial charge >= 0.3 is 6.18 Å². The van der Waals surface area contributed by atoms with Gasteiger partial charge in [0.1, 0.15) is 18.2 Å². The smallest absolute Gasteiger partial charge is 0.416 e. The molecule has 0 aliphatic heterocycles. The number of carbonyl (C=O) groups excluding carboxylic acids is 1. The van der Waals surface area contributed by atoms with Crippen molar-refractivity contribution in [3.63, 3.8) is 0 Å². The Labute approximate surface area is 190 Å². The summed E-state index contributed by atoms with van der Waals surface area (Å²) in [5.41, 5.74) is 0.515. The van der Waals surface area contributed by atoms with Crippen LogP contribution in [0.25, 0.3) is 0 Å². The molecule has 0 aromatic heterocycles. The van der Waals surface area contributed by atoms with Gasteiger partial charge in [0.15, 0.2) is 0 Å². The van der Waals surface area contributed by atoms with Crippen molar-refractivity contribution in [1.82, 2.24) is 4.72 Å². The molecular weight excluding hydrogens is 444 g/mol. The predicted molar refractivity (Wildman–Crippen MR) is 121 cm³/mol. The van der Waals surface area contributed by atoms with Crippen LogP contribution in [-0.2, 0) is 6.18 Å². The maximum atomic E-state index is 14.5. The summed E-state index contributed by atoms with van der Waals surface area (Å²) in [4.78, 5) is 14.0. The quantitative estimate of drug-likeness (QED) is 0.329. The van der Waals surface area contributed by atoms with Crippen LogP contribution in [0.15, 0.2) is 36.4 Å². The van der Waals surface area contributed by atoms with Crippen molar-refractivity contribution in [3.05, 3.63) is 58.9 Å². The Morgan fingerprint density at radius 2 is 1.81 bits per heavy atom. The Morgan fingerprint density at radius 3 is 2.34 bits per heavy atom. The number of hydrogen-bond donors (Lipinski definition) is 1. The second-order valence-corrected chi connectivity index (χ2v) is 8.24. The van der Waals surface area contributed by atoms with Crippen LogP contribution in [0, 0.1) is 12.7 Å². The number of likely N-dealkylation sites (N-methyl/N-ethyl adjacent to an activating group) is 1. The number of alkyl halides is 3. The molecule has 176 valence electrons. The third-order valence-electron chi connectivity index (χ3n) is 5.03. The van der Waals surface area contributed by atoms with Gasteiger partial charge in [0.25, 0.3) is 5.91 Å². The van der Waals surface area contributed by atoms with Gasteiger partial charge in [0.2, 0.25) is 0 Å². The maximum Gasteiger partial charge on any atom is 0.416 e. The third kappa shape index (κ3) is 6.54. The number of anilines is 1. The van der Waals surface area contributed by atoms with E-state index < -0.39 is 23.5 Å². The van der Waals surface area contributed by atoms with E-state index in [1.54, 1.807) is 6.92 Å². The van der Waals surface area contributed by atoms with Crippen molar-refractivity contribution < 1.29 is 27.1 Å². The molecule has 0 saturated heterocycles. The minimum atomic E-state index is -4.39. The topological polar surface area (TPSA) is 41.6 Å². The molecule has 1 amide bonds. The van der Waals surface area contributed by atoms with Crippen LogP contribution >= 0.6 is 11.9 Å². The number of nitrogens with one attached hydrogen (secondary N) is 1. The number of ether oxygens (including phenoxy) is 1. The fourth-order valence-corrected chi connectivity index (χ4v) is 3.68. The molecule has 0 heterocycles. The molecule has 0 spiro atoms. The number of halogens is 4. The van der Waals surface area contributed by atoms with Gasteiger partial charge in [0.05, 0.1) is 17.2 Å². The van der Waals surface area contributed by atoms with Crippen LogP contribution in [0.1, 0.15) is 48.7 Å². The van der Waals surface area contributed by atoms with E-state index >= 15 is 0 Å². The van der Waals surface area contributed by atoms with Gasteiger partial charge in [-0.2, -0.15) is 13.2 Å². The van der Waals surface area contributed by atoms with E-state index in [4.69, 9.17) is 4.74 Å². The molecule has 2 aromatic carbocycles. The average molecular weight is 473 g/mol. The summed E-state index contributed by atoms with van der Waals surface area (Å²) >= 11 is 1.19. The summed E-state index contributed by atoms with van der Waals surface area (Å²) in [7, 11) is 0. The second kappa shape index (κ2) is 11.4. The van der Waals surface area contributed by atoms with Crippen LogP contribution in [0.2, 0.25) is 0 Å². The van der Waals surface area contributed by atoms with E-state index in [0.717, 1.165) is 12.1 Å². The van der Waals surface area contributed by atoms with Crippen LogP contribution in [0.4, 0.5) is 23.2 Å². The first-order chi connectivity index (χ1) is 15.1. The summed E-state index contributed by atoms with van der Waals surface area (Å²) in [5, 5.41) is 0. The second-order valence-electron chi connectivity index (χ2n) is 7.17. The van der Waals surface area contributed by atoms with Gasteiger partial charge in [-0.3, -0.25) is 9.52 Å². The first-order valence-electron chi connectivity index (χ1n) is 10.4. The summed E-state index contributed by atoms with van der Waals surface area (Å²) in [5.74, 6) is -0.194. The molecule has 0 saturated carbocycles. The predicted octanol–water partition coefficient (Wildman–Crippen LogP) is 6.23. The Morgan fingerprint density at radius 1 is 1.16 bits per heavy atom. The lowest BCUT2D eigenvalue weighted by molar-refractivity contribution is -0.137. The fraction of sp³-hybridized carbons (Fsp3) is 0.435. The minimum absolute atomic E-state index is 0.0530. The lowest BCUT2D eigenvalue weighted by atomic mass is 10.1. The standard InChI is InChI=1S/C23H28F4N2O2S/c1-5-17(29(6-2)18-10-8-16(9-11-18)23(25,26)27)14-31-21-13-20(24)19(12-15(21)4)22(30)28-32-7-3/h8-13,17H,5-7,14H2,1-4H3,(H,28,30). The number of nitrogens with zero attached hydrogens (tertiary/aromatic N) is 1. The zero-order chi connectivity index (χ0) is 23.9. The normalized spacial score (nSPS) is 12.4. The molecule has 0 aliphatic rings. The van der Waals surface area contributed by atoms with Crippen molar-refractivity contribution in [2.45, 2.75) is 46.3 Å². The van der Waals surface area contributed by atoms with Gasteiger partial charge in [-0.15, -0.1) is 0 Å². The van der Waals surface area contributed by atoms with Crippen LogP contribution in [0.5, 0.6) is 5.75 Å². The third-order valence-corrected chi connectivity index (χ3v) is 5.65. The van der Waals surface area contributed by atoms with E-state index in [9.17, 15) is 22.4 Å². The molecule has 2 rings (SSSR count). The molecule has 0 bridgehead atoms. The van der Waals surface area contributed by atoms with Crippen molar-refractivity contribution in [3.8, 4) is 5.75 Å². The largest absolute Gasteiger partial charge is 0.491 e. The lowest BCUT2D eigenvalue weighted by Crippen LogP contribution is -2.39. The molecule has 4 nitrogen and oxygen atoms in total. The van der Waals surface area contributed by atoms with Gasteiger partial charge in [-0.25, -0.2) is 4.39 Å². The monoisotopic (exact) mass is 472 g/mol. The van der Waals surface area contributed by atoms with Crippen molar-refractivity contribution in [1.29, 1.82) is 0 Å². The molecular formula is C23H28F4N2O2S. The molecule has 1 N–H and O–H groups in total. The Bertz CT molecular complexity index is 904. The number of rotatable bonds is 10. The number of benzene rings is 2. The lowest BCUT2D eigenvalue weighted by Gasteiger charge is -2.32. The number of carbonyl (C=O) groups is 1. The first kappa shape index (κ1) is 25.8. The molecule has 0 radical (unpaired) electrons.